The van der Waals surface area contributed by atoms with Gasteiger partial charge in [0, 0.05) is 45.9 Å². The molecule has 0 aliphatic carbocycles. The first-order chi connectivity index (χ1) is 12.1. The normalized spacial score (nSPS) is 26.9. The van der Waals surface area contributed by atoms with Crippen molar-refractivity contribution in [2.24, 2.45) is 11.8 Å². The van der Waals surface area contributed by atoms with E-state index in [2.05, 4.69) is 21.7 Å². The van der Waals surface area contributed by atoms with Gasteiger partial charge in [0.1, 0.15) is 5.82 Å². The number of hydrogen-bond acceptors (Lipinski definition) is 4. The molecule has 0 bridgehead atoms. The van der Waals surface area contributed by atoms with Crippen LogP contribution >= 0.6 is 0 Å². The molecule has 0 spiro atoms. The minimum absolute atomic E-state index is 0.124. The summed E-state index contributed by atoms with van der Waals surface area (Å²) in [4.78, 5) is 7.35. The lowest BCUT2D eigenvalue weighted by Crippen LogP contribution is -2.36. The van der Waals surface area contributed by atoms with Crippen LogP contribution in [0.5, 0.6) is 0 Å². The van der Waals surface area contributed by atoms with Gasteiger partial charge >= 0.3 is 0 Å². The summed E-state index contributed by atoms with van der Waals surface area (Å²) < 4.78 is 13.8. The van der Waals surface area contributed by atoms with Gasteiger partial charge in [-0.25, -0.2) is 4.39 Å². The Morgan fingerprint density at radius 3 is 2.68 bits per heavy atom. The van der Waals surface area contributed by atoms with Gasteiger partial charge in [-0.15, -0.1) is 0 Å². The molecule has 0 radical (unpaired) electrons. The molecule has 4 nitrogen and oxygen atoms in total. The molecular weight excluding hydrogens is 317 g/mol. The lowest BCUT2D eigenvalue weighted by molar-refractivity contribution is 0.165. The zero-order valence-electron chi connectivity index (χ0n) is 15.6. The largest absolute Gasteiger partial charge is 0.396 e. The molecule has 0 saturated carbocycles. The lowest BCUT2D eigenvalue weighted by Gasteiger charge is -2.26. The van der Waals surface area contributed by atoms with E-state index in [0.29, 0.717) is 11.8 Å². The zero-order chi connectivity index (χ0) is 17.8. The molecule has 2 fully saturated rings. The Kier molecular flexibility index (Phi) is 6.44. The van der Waals surface area contributed by atoms with Crippen molar-refractivity contribution in [3.05, 3.63) is 35.1 Å². The number of rotatable bonds is 5. The van der Waals surface area contributed by atoms with Gasteiger partial charge in [-0.2, -0.15) is 0 Å². The zero-order valence-corrected chi connectivity index (χ0v) is 15.6. The summed E-state index contributed by atoms with van der Waals surface area (Å²) >= 11 is 0. The van der Waals surface area contributed by atoms with Crippen LogP contribution in [-0.4, -0.2) is 79.3 Å². The molecule has 25 heavy (non-hydrogen) atoms. The second-order valence-electron chi connectivity index (χ2n) is 7.88. The van der Waals surface area contributed by atoms with Crippen LogP contribution in [-0.2, 0) is 6.54 Å². The molecule has 1 aromatic carbocycles. The highest BCUT2D eigenvalue weighted by Crippen LogP contribution is 2.27. The summed E-state index contributed by atoms with van der Waals surface area (Å²) in [7, 11) is 2.19. The number of nitrogens with zero attached hydrogens (tertiary/aromatic N) is 3. The lowest BCUT2D eigenvalue weighted by atomic mass is 9.96. The third-order valence-electron chi connectivity index (χ3n) is 5.97. The Labute approximate surface area is 151 Å². The number of benzene rings is 1. The predicted molar refractivity (Wildman–Crippen MR) is 99.0 cm³/mol. The van der Waals surface area contributed by atoms with E-state index in [9.17, 15) is 9.50 Å². The molecule has 2 aliphatic heterocycles. The minimum atomic E-state index is -0.124. The van der Waals surface area contributed by atoms with Crippen LogP contribution in [0.25, 0.3) is 0 Å². The van der Waals surface area contributed by atoms with Crippen molar-refractivity contribution in [2.75, 3.05) is 59.5 Å². The maximum atomic E-state index is 13.8. The highest BCUT2D eigenvalue weighted by Gasteiger charge is 2.33. The first-order valence-corrected chi connectivity index (χ1v) is 9.55. The topological polar surface area (TPSA) is 30.0 Å². The molecule has 2 aliphatic rings. The fourth-order valence-electron chi connectivity index (χ4n) is 4.26. The second kappa shape index (κ2) is 8.58. The smallest absolute Gasteiger partial charge is 0.126 e. The average molecular weight is 349 g/mol. The van der Waals surface area contributed by atoms with E-state index in [1.165, 1.54) is 19.0 Å². The third-order valence-corrected chi connectivity index (χ3v) is 5.97. The molecule has 1 aromatic rings. The summed E-state index contributed by atoms with van der Waals surface area (Å²) in [5, 5.41) is 9.83. The molecule has 3 rings (SSSR count). The molecule has 0 unspecified atom stereocenters. The first kappa shape index (κ1) is 18.8. The van der Waals surface area contributed by atoms with Crippen molar-refractivity contribution < 1.29 is 9.50 Å². The standard InChI is InChI=1S/C20H32FN3O/c1-16-17(5-3-6-20(16)21)11-24-13-18(19(14-24)15-25)12-23-8-4-7-22(2)9-10-23/h3,5-6,18-19,25H,4,7-15H2,1-2H3/t18-,19-/m1/s1. The molecule has 5 heteroatoms. The van der Waals surface area contributed by atoms with Crippen LogP contribution in [0.1, 0.15) is 17.5 Å². The van der Waals surface area contributed by atoms with E-state index >= 15 is 0 Å². The number of aliphatic hydroxyl groups excluding tert-OH is 1. The van der Waals surface area contributed by atoms with E-state index in [1.807, 2.05) is 13.0 Å². The number of halogens is 1. The van der Waals surface area contributed by atoms with Crippen LogP contribution in [0.15, 0.2) is 18.2 Å². The van der Waals surface area contributed by atoms with Crippen LogP contribution in [0, 0.1) is 24.6 Å². The Morgan fingerprint density at radius 2 is 1.88 bits per heavy atom. The fraction of sp³-hybridized carbons (Fsp3) is 0.700. The molecule has 140 valence electrons. The maximum absolute atomic E-state index is 13.8. The Balaban J connectivity index is 1.59. The van der Waals surface area contributed by atoms with Crippen molar-refractivity contribution in [3.63, 3.8) is 0 Å². The van der Waals surface area contributed by atoms with Crippen LogP contribution < -0.4 is 0 Å². The summed E-state index contributed by atoms with van der Waals surface area (Å²) in [5.41, 5.74) is 1.82. The Bertz CT molecular complexity index is 568. The van der Waals surface area contributed by atoms with E-state index in [1.54, 1.807) is 6.07 Å². The highest BCUT2D eigenvalue weighted by molar-refractivity contribution is 5.27. The van der Waals surface area contributed by atoms with Crippen molar-refractivity contribution in [1.29, 1.82) is 0 Å². The highest BCUT2D eigenvalue weighted by atomic mass is 19.1. The molecule has 1 N–H and O–H groups in total. The Morgan fingerprint density at radius 1 is 1.08 bits per heavy atom. The van der Waals surface area contributed by atoms with Gasteiger partial charge in [0.2, 0.25) is 0 Å². The van der Waals surface area contributed by atoms with Gasteiger partial charge in [-0.05, 0) is 62.5 Å². The van der Waals surface area contributed by atoms with Crippen molar-refractivity contribution >= 4 is 0 Å². The number of hydrogen-bond donors (Lipinski definition) is 1. The number of likely N-dealkylation sites (N-methyl/N-ethyl adjacent to an activating group) is 1. The van der Waals surface area contributed by atoms with Crippen molar-refractivity contribution in [2.45, 2.75) is 19.9 Å². The summed E-state index contributed by atoms with van der Waals surface area (Å²) in [6.07, 6.45) is 1.22. The van der Waals surface area contributed by atoms with Gasteiger partial charge in [-0.1, -0.05) is 12.1 Å². The second-order valence-corrected chi connectivity index (χ2v) is 7.88. The molecule has 2 heterocycles. The predicted octanol–water partition coefficient (Wildman–Crippen LogP) is 1.81. The van der Waals surface area contributed by atoms with E-state index in [4.69, 9.17) is 0 Å². The fourth-order valence-corrected chi connectivity index (χ4v) is 4.26. The molecule has 0 aromatic heterocycles. The van der Waals surface area contributed by atoms with Gasteiger partial charge in [-0.3, -0.25) is 4.90 Å². The van der Waals surface area contributed by atoms with Gasteiger partial charge in [0.15, 0.2) is 0 Å². The van der Waals surface area contributed by atoms with E-state index in [0.717, 1.165) is 56.9 Å². The summed E-state index contributed by atoms with van der Waals surface area (Å²) in [5.74, 6) is 0.706. The van der Waals surface area contributed by atoms with E-state index < -0.39 is 0 Å². The third kappa shape index (κ3) is 4.79. The number of aliphatic hydroxyl groups is 1. The first-order valence-electron chi connectivity index (χ1n) is 9.55. The quantitative estimate of drug-likeness (QED) is 0.878. The SMILES string of the molecule is Cc1c(F)cccc1CN1C[C@@H](CN2CCCN(C)CC2)[C@@H](CO)C1. The maximum Gasteiger partial charge on any atom is 0.126 e. The molecule has 2 atom stereocenters. The summed E-state index contributed by atoms with van der Waals surface area (Å²) in [6.45, 7) is 10.4. The Hall–Kier alpha value is -1.01. The molecule has 2 saturated heterocycles. The number of likely N-dealkylation sites (tertiary alicyclic amines) is 1. The molecule has 0 amide bonds. The van der Waals surface area contributed by atoms with Crippen LogP contribution in [0.4, 0.5) is 4.39 Å². The van der Waals surface area contributed by atoms with Gasteiger partial charge in [0.25, 0.3) is 0 Å². The average Bonchev–Trinajstić information content (AvgIpc) is 2.85. The van der Waals surface area contributed by atoms with Crippen LogP contribution in [0.2, 0.25) is 0 Å². The van der Waals surface area contributed by atoms with Crippen molar-refractivity contribution in [1.82, 2.24) is 14.7 Å². The van der Waals surface area contributed by atoms with Gasteiger partial charge in [0.05, 0.1) is 0 Å². The van der Waals surface area contributed by atoms with Crippen molar-refractivity contribution in [3.8, 4) is 0 Å². The monoisotopic (exact) mass is 349 g/mol. The minimum Gasteiger partial charge on any atom is -0.396 e. The van der Waals surface area contributed by atoms with E-state index in [-0.39, 0.29) is 12.4 Å². The van der Waals surface area contributed by atoms with Crippen LogP contribution in [0.3, 0.4) is 0 Å². The summed E-state index contributed by atoms with van der Waals surface area (Å²) in [6, 6.07) is 5.34. The van der Waals surface area contributed by atoms with Gasteiger partial charge < -0.3 is 14.9 Å². The molecular formula is C20H32FN3O.